The van der Waals surface area contributed by atoms with Crippen molar-refractivity contribution in [2.24, 2.45) is 0 Å². The summed E-state index contributed by atoms with van der Waals surface area (Å²) in [4.78, 5) is 12.9. The van der Waals surface area contributed by atoms with Crippen molar-refractivity contribution in [3.8, 4) is 11.5 Å². The molecule has 122 valence electrons. The van der Waals surface area contributed by atoms with E-state index in [2.05, 4.69) is 13.8 Å². The molecule has 0 saturated carbocycles. The van der Waals surface area contributed by atoms with Crippen molar-refractivity contribution in [3.05, 3.63) is 23.8 Å². The first-order valence-corrected chi connectivity index (χ1v) is 7.80. The van der Waals surface area contributed by atoms with Gasteiger partial charge in [0, 0.05) is 5.56 Å². The molecule has 22 heavy (non-hydrogen) atoms. The zero-order chi connectivity index (χ0) is 16.1. The zero-order valence-electron chi connectivity index (χ0n) is 13.8. The van der Waals surface area contributed by atoms with Gasteiger partial charge in [0.25, 0.3) is 0 Å². The molecule has 0 spiro atoms. The fourth-order valence-electron chi connectivity index (χ4n) is 2.90. The van der Waals surface area contributed by atoms with Gasteiger partial charge in [0.2, 0.25) is 0 Å². The Morgan fingerprint density at radius 1 is 1.27 bits per heavy atom. The Morgan fingerprint density at radius 3 is 2.55 bits per heavy atom. The largest absolute Gasteiger partial charge is 0.493 e. The second-order valence-electron chi connectivity index (χ2n) is 5.94. The lowest BCUT2D eigenvalue weighted by Crippen LogP contribution is -3.16. The molecular weight excluding hydrogens is 282 g/mol. The van der Waals surface area contributed by atoms with E-state index in [-0.39, 0.29) is 5.78 Å². The average molecular weight is 308 g/mol. The maximum Gasteiger partial charge on any atom is 0.161 e. The fourth-order valence-corrected chi connectivity index (χ4v) is 2.90. The van der Waals surface area contributed by atoms with E-state index in [0.29, 0.717) is 35.9 Å². The molecule has 1 aromatic rings. The Bertz CT molecular complexity index is 507. The Kier molecular flexibility index (Phi) is 5.80. The van der Waals surface area contributed by atoms with Gasteiger partial charge in [-0.15, -0.1) is 0 Å². The summed E-state index contributed by atoms with van der Waals surface area (Å²) in [5.41, 5.74) is 0.630. The van der Waals surface area contributed by atoms with Crippen molar-refractivity contribution in [2.45, 2.75) is 33.0 Å². The van der Waals surface area contributed by atoms with Crippen molar-refractivity contribution < 1.29 is 23.9 Å². The summed E-state index contributed by atoms with van der Waals surface area (Å²) in [5, 5.41) is 0. The van der Waals surface area contributed by atoms with Crippen molar-refractivity contribution in [1.82, 2.24) is 0 Å². The minimum absolute atomic E-state index is 0.0191. The van der Waals surface area contributed by atoms with Crippen LogP contribution in [0, 0.1) is 0 Å². The second-order valence-corrected chi connectivity index (χ2v) is 5.94. The van der Waals surface area contributed by atoms with Gasteiger partial charge in [-0.2, -0.15) is 0 Å². The van der Waals surface area contributed by atoms with E-state index in [9.17, 15) is 4.79 Å². The van der Waals surface area contributed by atoms with Gasteiger partial charge in [0.05, 0.1) is 7.11 Å². The van der Waals surface area contributed by atoms with E-state index >= 15 is 0 Å². The number of carbonyl (C=O) groups is 1. The molecule has 3 atom stereocenters. The monoisotopic (exact) mass is 308 g/mol. The Hall–Kier alpha value is -1.59. The number of nitrogens with one attached hydrogen (secondary N) is 1. The fraction of sp³-hybridized carbons (Fsp3) is 0.588. The second kappa shape index (κ2) is 7.61. The molecule has 1 aromatic carbocycles. The Labute approximate surface area is 132 Å². The predicted octanol–water partition coefficient (Wildman–Crippen LogP) is 0.969. The lowest BCUT2D eigenvalue weighted by Gasteiger charge is -2.32. The standard InChI is InChI=1S/C17H25NO4/c1-12-10-18(11-13(2)22-12)7-8-21-16-6-5-15(14(3)19)9-17(16)20-4/h5-6,9,12-13H,7-8,10-11H2,1-4H3/p+1/t12-,13+. The van der Waals surface area contributed by atoms with Crippen LogP contribution in [0.15, 0.2) is 18.2 Å². The first kappa shape index (κ1) is 16.8. The molecule has 0 amide bonds. The van der Waals surface area contributed by atoms with Gasteiger partial charge < -0.3 is 19.1 Å². The molecule has 0 radical (unpaired) electrons. The summed E-state index contributed by atoms with van der Waals surface area (Å²) in [7, 11) is 1.59. The molecule has 1 unspecified atom stereocenters. The van der Waals surface area contributed by atoms with Crippen LogP contribution < -0.4 is 14.4 Å². The van der Waals surface area contributed by atoms with Crippen LogP contribution in [0.5, 0.6) is 11.5 Å². The minimum Gasteiger partial charge on any atom is -0.493 e. The van der Waals surface area contributed by atoms with Gasteiger partial charge in [-0.05, 0) is 39.0 Å². The first-order chi connectivity index (χ1) is 10.5. The molecule has 2 rings (SSSR count). The highest BCUT2D eigenvalue weighted by atomic mass is 16.5. The van der Waals surface area contributed by atoms with Crippen LogP contribution >= 0.6 is 0 Å². The van der Waals surface area contributed by atoms with Crippen LogP contribution in [0.3, 0.4) is 0 Å². The molecule has 5 nitrogen and oxygen atoms in total. The van der Waals surface area contributed by atoms with Crippen LogP contribution in [0.1, 0.15) is 31.1 Å². The summed E-state index contributed by atoms with van der Waals surface area (Å²) in [6.45, 7) is 9.32. The Balaban J connectivity index is 1.90. The zero-order valence-corrected chi connectivity index (χ0v) is 13.8. The first-order valence-electron chi connectivity index (χ1n) is 7.80. The van der Waals surface area contributed by atoms with Crippen molar-refractivity contribution in [3.63, 3.8) is 0 Å². The normalized spacial score (nSPS) is 24.8. The van der Waals surface area contributed by atoms with Gasteiger partial charge in [-0.25, -0.2) is 0 Å². The number of ether oxygens (including phenoxy) is 3. The van der Waals surface area contributed by atoms with Crippen LogP contribution in [0.2, 0.25) is 0 Å². The summed E-state index contributed by atoms with van der Waals surface area (Å²) >= 11 is 0. The molecule has 1 aliphatic heterocycles. The van der Waals surface area contributed by atoms with Crippen LogP contribution in [0.4, 0.5) is 0 Å². The third-order valence-electron chi connectivity index (χ3n) is 3.90. The molecule has 1 N–H and O–H groups in total. The van der Waals surface area contributed by atoms with E-state index in [0.717, 1.165) is 19.6 Å². The third kappa shape index (κ3) is 4.45. The maximum atomic E-state index is 11.4. The van der Waals surface area contributed by atoms with Crippen molar-refractivity contribution >= 4 is 5.78 Å². The van der Waals surface area contributed by atoms with Gasteiger partial charge in [0.1, 0.15) is 38.4 Å². The number of Topliss-reactive ketones (excluding diaryl/α,β-unsaturated/α-hetero) is 1. The molecule has 1 aliphatic rings. The third-order valence-corrected chi connectivity index (χ3v) is 3.90. The van der Waals surface area contributed by atoms with Gasteiger partial charge in [-0.3, -0.25) is 4.79 Å². The van der Waals surface area contributed by atoms with Gasteiger partial charge >= 0.3 is 0 Å². The summed E-state index contributed by atoms with van der Waals surface area (Å²) in [6.07, 6.45) is 0.589. The molecule has 0 bridgehead atoms. The van der Waals surface area contributed by atoms with Crippen LogP contribution in [-0.4, -0.2) is 51.3 Å². The number of methoxy groups -OCH3 is 1. The Morgan fingerprint density at radius 2 is 1.95 bits per heavy atom. The molecule has 0 aliphatic carbocycles. The quantitative estimate of drug-likeness (QED) is 0.796. The smallest absolute Gasteiger partial charge is 0.161 e. The molecule has 5 heteroatoms. The van der Waals surface area contributed by atoms with Crippen molar-refractivity contribution in [2.75, 3.05) is 33.4 Å². The highest BCUT2D eigenvalue weighted by molar-refractivity contribution is 5.94. The number of ketones is 1. The molecule has 1 heterocycles. The van der Waals surface area contributed by atoms with E-state index in [4.69, 9.17) is 14.2 Å². The SMILES string of the molecule is COc1cc(C(C)=O)ccc1OCC[NH+]1C[C@@H](C)O[C@@H](C)C1. The summed E-state index contributed by atoms with van der Waals surface area (Å²) in [6, 6.07) is 5.30. The topological polar surface area (TPSA) is 49.2 Å². The number of carbonyl (C=O) groups excluding carboxylic acids is 1. The number of benzene rings is 1. The lowest BCUT2D eigenvalue weighted by atomic mass is 10.1. The summed E-state index contributed by atoms with van der Waals surface area (Å²) < 4.78 is 16.9. The van der Waals surface area contributed by atoms with E-state index in [1.165, 1.54) is 4.90 Å². The highest BCUT2D eigenvalue weighted by Gasteiger charge is 2.25. The number of hydrogen-bond donors (Lipinski definition) is 1. The lowest BCUT2D eigenvalue weighted by molar-refractivity contribution is -0.915. The maximum absolute atomic E-state index is 11.4. The highest BCUT2D eigenvalue weighted by Crippen LogP contribution is 2.28. The molecule has 0 aromatic heterocycles. The van der Waals surface area contributed by atoms with E-state index in [1.807, 2.05) is 0 Å². The number of morpholine rings is 1. The minimum atomic E-state index is 0.0191. The molecular formula is C17H26NO4+. The number of rotatable bonds is 6. The van der Waals surface area contributed by atoms with Gasteiger partial charge in [0.15, 0.2) is 17.3 Å². The van der Waals surface area contributed by atoms with Crippen molar-refractivity contribution in [1.29, 1.82) is 0 Å². The average Bonchev–Trinajstić information content (AvgIpc) is 2.46. The van der Waals surface area contributed by atoms with Gasteiger partial charge in [-0.1, -0.05) is 0 Å². The van der Waals surface area contributed by atoms with Crippen LogP contribution in [-0.2, 0) is 4.74 Å². The van der Waals surface area contributed by atoms with E-state index in [1.54, 1.807) is 32.2 Å². The summed E-state index contributed by atoms with van der Waals surface area (Å²) in [5.74, 6) is 1.30. The number of hydrogen-bond acceptors (Lipinski definition) is 4. The van der Waals surface area contributed by atoms with E-state index < -0.39 is 0 Å². The predicted molar refractivity (Wildman–Crippen MR) is 84.1 cm³/mol. The van der Waals surface area contributed by atoms with Crippen LogP contribution in [0.25, 0.3) is 0 Å². The molecule has 1 fully saturated rings. The number of quaternary nitrogens is 1. The molecule has 1 saturated heterocycles.